The van der Waals surface area contributed by atoms with Crippen LogP contribution < -0.4 is 10.2 Å². The normalized spacial score (nSPS) is 17.8. The number of rotatable bonds is 7. The van der Waals surface area contributed by atoms with Gasteiger partial charge in [-0.15, -0.1) is 0 Å². The topological polar surface area (TPSA) is 121 Å². The number of nitrogens with zero attached hydrogens (tertiary/aromatic N) is 4. The summed E-state index contributed by atoms with van der Waals surface area (Å²) in [5.74, 6) is -1.05. The van der Waals surface area contributed by atoms with Crippen LogP contribution in [-0.2, 0) is 18.8 Å². The van der Waals surface area contributed by atoms with Crippen molar-refractivity contribution in [3.8, 4) is 16.9 Å². The maximum atomic E-state index is 13.4. The van der Waals surface area contributed by atoms with Gasteiger partial charge in [0.1, 0.15) is 0 Å². The fraction of sp³-hybridized carbons (Fsp3) is 0.444. The van der Waals surface area contributed by atoms with Gasteiger partial charge in [-0.25, -0.2) is 0 Å². The molecule has 0 bridgehead atoms. The minimum absolute atomic E-state index is 0.0992. The van der Waals surface area contributed by atoms with Crippen molar-refractivity contribution in [1.29, 1.82) is 0 Å². The molecule has 3 amide bonds. The van der Waals surface area contributed by atoms with E-state index in [-0.39, 0.29) is 31.5 Å². The summed E-state index contributed by atoms with van der Waals surface area (Å²) in [6.45, 7) is 4.55. The van der Waals surface area contributed by atoms with Crippen LogP contribution in [0.25, 0.3) is 11.3 Å². The number of aromatic nitrogens is 1. The maximum absolute atomic E-state index is 13.4. The Morgan fingerprint density at radius 2 is 1.82 bits per heavy atom. The van der Waals surface area contributed by atoms with E-state index in [1.165, 1.54) is 9.80 Å². The monoisotopic (exact) mass is 553 g/mol. The second kappa shape index (κ2) is 13.4. The van der Waals surface area contributed by atoms with Crippen LogP contribution >= 0.6 is 7.92 Å². The molecule has 3 heterocycles. The molecule has 1 aromatic carbocycles. The summed E-state index contributed by atoms with van der Waals surface area (Å²) in [7, 11) is 1.17. The number of benzene rings is 1. The van der Waals surface area contributed by atoms with Gasteiger partial charge in [0.05, 0.1) is 0 Å². The van der Waals surface area contributed by atoms with E-state index in [1.54, 1.807) is 20.1 Å². The summed E-state index contributed by atoms with van der Waals surface area (Å²) in [5.41, 5.74) is 4.91. The van der Waals surface area contributed by atoms with Gasteiger partial charge in [-0.1, -0.05) is 0 Å². The molecular weight excluding hydrogens is 521 g/mol. The molecule has 4 rings (SSSR count). The van der Waals surface area contributed by atoms with E-state index < -0.39 is 31.9 Å². The average molecular weight is 554 g/mol. The molecule has 2 aliphatic heterocycles. The van der Waals surface area contributed by atoms with E-state index in [4.69, 9.17) is 9.47 Å². The van der Waals surface area contributed by atoms with E-state index in [0.29, 0.717) is 25.3 Å². The first kappa shape index (κ1) is 28.4. The van der Waals surface area contributed by atoms with E-state index in [9.17, 15) is 18.9 Å². The fourth-order valence-electron chi connectivity index (χ4n) is 4.64. The SMILES string of the molecule is CCOC(=O)N1CCN(C(=O)[C@H](C#P=O)NC(=O)c2cc(N3CC[C@H](OC)C3)cc(-c3ccccc3)n2)CC1. The quantitative estimate of drug-likeness (QED) is 0.520. The number of piperazine rings is 1. The third kappa shape index (κ3) is 7.06. The van der Waals surface area contributed by atoms with Crippen LogP contribution in [0.2, 0.25) is 0 Å². The van der Waals surface area contributed by atoms with Gasteiger partial charge in [0.25, 0.3) is 0 Å². The molecule has 0 radical (unpaired) electrons. The first-order valence-electron chi connectivity index (χ1n) is 12.9. The molecule has 0 spiro atoms. The van der Waals surface area contributed by atoms with Crippen LogP contribution in [-0.4, -0.2) is 97.8 Å². The molecule has 0 unspecified atom stereocenters. The van der Waals surface area contributed by atoms with Crippen molar-refractivity contribution in [2.75, 3.05) is 57.9 Å². The van der Waals surface area contributed by atoms with Gasteiger partial charge in [0.2, 0.25) is 0 Å². The van der Waals surface area contributed by atoms with E-state index in [1.807, 2.05) is 36.4 Å². The Kier molecular flexibility index (Phi) is 9.76. The summed E-state index contributed by atoms with van der Waals surface area (Å²) in [5, 5.41) is 2.64. The van der Waals surface area contributed by atoms with Crippen LogP contribution in [0.15, 0.2) is 42.5 Å². The van der Waals surface area contributed by atoms with Crippen molar-refractivity contribution >= 4 is 31.5 Å². The van der Waals surface area contributed by atoms with Gasteiger partial charge in [0.15, 0.2) is 0 Å². The molecule has 12 heteroatoms. The number of carbonyl (C=O) groups is 3. The number of anilines is 1. The second-order valence-corrected chi connectivity index (χ2v) is 9.63. The Morgan fingerprint density at radius 3 is 2.46 bits per heavy atom. The second-order valence-electron chi connectivity index (χ2n) is 9.19. The summed E-state index contributed by atoms with van der Waals surface area (Å²) in [4.78, 5) is 48.3. The van der Waals surface area contributed by atoms with Gasteiger partial charge in [-0.2, -0.15) is 0 Å². The minimum atomic E-state index is -1.25. The van der Waals surface area contributed by atoms with Crippen molar-refractivity contribution in [2.45, 2.75) is 25.5 Å². The molecule has 11 nitrogen and oxygen atoms in total. The molecule has 2 atom stereocenters. The van der Waals surface area contributed by atoms with Crippen LogP contribution in [0.1, 0.15) is 23.8 Å². The van der Waals surface area contributed by atoms with Crippen LogP contribution in [0.4, 0.5) is 10.5 Å². The Balaban J connectivity index is 1.53. The zero-order valence-corrected chi connectivity index (χ0v) is 22.9. The predicted octanol–water partition coefficient (Wildman–Crippen LogP) is 2.62. The van der Waals surface area contributed by atoms with Crippen molar-refractivity contribution in [1.82, 2.24) is 20.1 Å². The van der Waals surface area contributed by atoms with E-state index in [0.717, 1.165) is 24.2 Å². The zero-order chi connectivity index (χ0) is 27.8. The van der Waals surface area contributed by atoms with E-state index in [2.05, 4.69) is 20.8 Å². The number of nitrogens with one attached hydrogen (secondary N) is 1. The van der Waals surface area contributed by atoms with Gasteiger partial charge < -0.3 is 0 Å². The van der Waals surface area contributed by atoms with Gasteiger partial charge in [-0.05, 0) is 0 Å². The van der Waals surface area contributed by atoms with E-state index >= 15 is 0 Å². The number of methoxy groups -OCH3 is 1. The van der Waals surface area contributed by atoms with Crippen LogP contribution in [0.5, 0.6) is 0 Å². The fourth-order valence-corrected chi connectivity index (χ4v) is 4.92. The van der Waals surface area contributed by atoms with Crippen molar-refractivity contribution in [3.63, 3.8) is 0 Å². The molecule has 2 aliphatic rings. The molecule has 2 fully saturated rings. The molecule has 206 valence electrons. The summed E-state index contributed by atoms with van der Waals surface area (Å²) >= 11 is 0. The van der Waals surface area contributed by atoms with Gasteiger partial charge in [-0.3, -0.25) is 0 Å². The molecule has 1 N–H and O–H groups in total. The standard InChI is InChI=1S/C27H32N5O6P/c1-3-38-27(35)31-13-11-30(12-14-31)26(34)24(18-39-36)29-25(33)23-16-20(32-10-9-21(17-32)37-2)15-22(28-23)19-7-5-4-6-8-19/h4-8,15-16,21,24H,3,9-14,17H2,1-2H3,(H,29,33)/t21-,24-/m0/s1. The molecule has 0 aliphatic carbocycles. The number of carbonyl (C=O) groups excluding carboxylic acids is 3. The Hall–Kier alpha value is -3.65. The van der Waals surface area contributed by atoms with Crippen LogP contribution in [0, 0.1) is 5.63 Å². The first-order chi connectivity index (χ1) is 18.9. The van der Waals surface area contributed by atoms with Gasteiger partial charge >= 0.3 is 228 Å². The number of hydrogen-bond donors (Lipinski definition) is 1. The summed E-state index contributed by atoms with van der Waals surface area (Å²) < 4.78 is 21.9. The predicted molar refractivity (Wildman–Crippen MR) is 145 cm³/mol. The average Bonchev–Trinajstić information content (AvgIpc) is 3.46. The molecule has 0 saturated carbocycles. The summed E-state index contributed by atoms with van der Waals surface area (Å²) in [6.07, 6.45) is 0.538. The molecule has 2 aromatic rings. The zero-order valence-electron chi connectivity index (χ0n) is 22.0. The molecular formula is C27H32N5O6P. The Labute approximate surface area is 228 Å². The van der Waals surface area contributed by atoms with Crippen LogP contribution in [0.3, 0.4) is 0 Å². The van der Waals surface area contributed by atoms with Gasteiger partial charge in [0, 0.05) is 0 Å². The summed E-state index contributed by atoms with van der Waals surface area (Å²) in [6, 6.07) is 11.9. The molecule has 39 heavy (non-hydrogen) atoms. The number of ether oxygens (including phenoxy) is 2. The number of amides is 3. The van der Waals surface area contributed by atoms with Crippen molar-refractivity contribution < 1.29 is 28.4 Å². The first-order valence-corrected chi connectivity index (χ1v) is 13.7. The molecule has 2 saturated heterocycles. The Morgan fingerprint density at radius 1 is 1.10 bits per heavy atom. The third-order valence-corrected chi connectivity index (χ3v) is 7.14. The Bertz CT molecular complexity index is 1300. The number of hydrogen-bond acceptors (Lipinski definition) is 8. The number of pyridine rings is 1. The molecule has 1 aromatic heterocycles. The van der Waals surface area contributed by atoms with Crippen molar-refractivity contribution in [3.05, 3.63) is 48.2 Å². The van der Waals surface area contributed by atoms with Crippen molar-refractivity contribution in [2.24, 2.45) is 0 Å². The third-order valence-electron chi connectivity index (χ3n) is 6.78.